The van der Waals surface area contributed by atoms with Crippen molar-refractivity contribution in [3.05, 3.63) is 29.8 Å². The molecule has 4 fully saturated rings. The summed E-state index contributed by atoms with van der Waals surface area (Å²) in [6, 6.07) is 7.56. The standard InChI is InChI=1S/C21H25NO2S/c1-20(2)19(18(23)16-5-3-4-6-17(16)24-20)25-22-21-10-13-7-14(11-21)9-15(8-13)12-21/h3-6,13-15H,7-12H2,1-2H3. The summed E-state index contributed by atoms with van der Waals surface area (Å²) in [5.74, 6) is 3.38. The summed E-state index contributed by atoms with van der Waals surface area (Å²) in [6.45, 7) is 3.97. The molecule has 5 aliphatic rings. The van der Waals surface area contributed by atoms with Crippen molar-refractivity contribution in [3.8, 4) is 5.75 Å². The van der Waals surface area contributed by atoms with Crippen LogP contribution in [0.4, 0.5) is 0 Å². The Bertz CT molecular complexity index is 784. The average Bonchev–Trinajstić information content (AvgIpc) is 2.52. The van der Waals surface area contributed by atoms with Crippen molar-refractivity contribution in [2.24, 2.45) is 22.1 Å². The lowest BCUT2D eigenvalue weighted by molar-refractivity contribution is 0.00291. The summed E-state index contributed by atoms with van der Waals surface area (Å²) in [4.78, 5) is 13.8. The molecular weight excluding hydrogens is 330 g/mol. The molecule has 0 aromatic heterocycles. The zero-order chi connectivity index (χ0) is 17.2. The lowest BCUT2D eigenvalue weighted by atomic mass is 9.53. The number of benzene rings is 1. The quantitative estimate of drug-likeness (QED) is 0.698. The van der Waals surface area contributed by atoms with E-state index in [2.05, 4.69) is 0 Å². The Hall–Kier alpha value is -1.42. The zero-order valence-electron chi connectivity index (χ0n) is 15.0. The van der Waals surface area contributed by atoms with Crippen LogP contribution in [0.3, 0.4) is 0 Å². The Morgan fingerprint density at radius 3 is 2.28 bits per heavy atom. The number of hydrogen-bond acceptors (Lipinski definition) is 3. The van der Waals surface area contributed by atoms with Gasteiger partial charge in [-0.15, -0.1) is 0 Å². The fourth-order valence-corrected chi connectivity index (χ4v) is 6.89. The second-order valence-corrected chi connectivity index (χ2v) is 9.86. The number of carbonyl (C=O) groups is 1. The molecule has 0 unspecified atom stereocenters. The van der Waals surface area contributed by atoms with E-state index >= 15 is 0 Å². The van der Waals surface area contributed by atoms with Crippen LogP contribution in [-0.4, -0.2) is 21.8 Å². The SMILES string of the molecule is CC1(C)Oc2ccccc2C(=O)C1=S=NC12CC3CC(CC(C3)C1)C2. The second kappa shape index (κ2) is 5.29. The first kappa shape index (κ1) is 15.8. The van der Waals surface area contributed by atoms with Crippen molar-refractivity contribution in [1.29, 1.82) is 0 Å². The molecule has 0 radical (unpaired) electrons. The first-order chi connectivity index (χ1) is 11.9. The number of para-hydroxylation sites is 1. The highest BCUT2D eigenvalue weighted by Gasteiger charge is 2.51. The molecular formula is C21H25NO2S. The molecule has 1 aliphatic heterocycles. The third-order valence-corrected chi connectivity index (χ3v) is 7.92. The van der Waals surface area contributed by atoms with Crippen LogP contribution in [0.25, 0.3) is 0 Å². The summed E-state index contributed by atoms with van der Waals surface area (Å²) in [5, 5.41) is 0. The van der Waals surface area contributed by atoms with E-state index in [0.717, 1.165) is 22.6 Å². The van der Waals surface area contributed by atoms with Crippen LogP contribution in [0, 0.1) is 17.8 Å². The van der Waals surface area contributed by atoms with Crippen molar-refractivity contribution in [2.45, 2.75) is 63.5 Å². The predicted octanol–water partition coefficient (Wildman–Crippen LogP) is 4.45. The van der Waals surface area contributed by atoms with E-state index in [9.17, 15) is 4.79 Å². The topological polar surface area (TPSA) is 38.7 Å². The molecule has 0 amide bonds. The Labute approximate surface area is 152 Å². The number of carbonyl (C=O) groups excluding carboxylic acids is 1. The molecule has 1 heterocycles. The summed E-state index contributed by atoms with van der Waals surface area (Å²) >= 11 is 1.43. The molecule has 4 bridgehead atoms. The van der Waals surface area contributed by atoms with Gasteiger partial charge in [-0.05, 0) is 93.4 Å². The summed E-state index contributed by atoms with van der Waals surface area (Å²) in [6.07, 6.45) is 7.92. The molecule has 3 nitrogen and oxygen atoms in total. The van der Waals surface area contributed by atoms with E-state index in [4.69, 9.17) is 9.10 Å². The Morgan fingerprint density at radius 1 is 1.04 bits per heavy atom. The number of rotatable bonds is 1. The van der Waals surface area contributed by atoms with E-state index in [1.54, 1.807) is 0 Å². The van der Waals surface area contributed by atoms with Gasteiger partial charge in [-0.1, -0.05) is 12.1 Å². The minimum atomic E-state index is -0.609. The molecule has 6 rings (SSSR count). The van der Waals surface area contributed by atoms with Crippen LogP contribution in [0.5, 0.6) is 5.75 Å². The van der Waals surface area contributed by atoms with Crippen LogP contribution in [0.15, 0.2) is 28.6 Å². The minimum Gasteiger partial charge on any atom is -0.481 e. The first-order valence-corrected chi connectivity index (χ1v) is 10.3. The van der Waals surface area contributed by atoms with Crippen LogP contribution in [0.1, 0.15) is 62.7 Å². The largest absolute Gasteiger partial charge is 0.481 e. The van der Waals surface area contributed by atoms with Gasteiger partial charge >= 0.3 is 0 Å². The molecule has 0 saturated heterocycles. The zero-order valence-corrected chi connectivity index (χ0v) is 15.8. The molecule has 132 valence electrons. The molecule has 0 N–H and O–H groups in total. The van der Waals surface area contributed by atoms with Gasteiger partial charge in [-0.2, -0.15) is 0 Å². The molecule has 1 aromatic rings. The van der Waals surface area contributed by atoms with Gasteiger partial charge in [0.1, 0.15) is 16.2 Å². The molecule has 25 heavy (non-hydrogen) atoms. The average molecular weight is 356 g/mol. The molecule has 0 spiro atoms. The number of Topliss-reactive ketones (excluding diaryl/α,β-unsaturated/α-hetero) is 1. The van der Waals surface area contributed by atoms with Gasteiger partial charge in [0.05, 0.1) is 11.1 Å². The van der Waals surface area contributed by atoms with Crippen molar-refractivity contribution in [3.63, 3.8) is 0 Å². The van der Waals surface area contributed by atoms with Crippen molar-refractivity contribution < 1.29 is 9.53 Å². The highest BCUT2D eigenvalue weighted by molar-refractivity contribution is 7.71. The monoisotopic (exact) mass is 355 g/mol. The van der Waals surface area contributed by atoms with E-state index in [-0.39, 0.29) is 11.3 Å². The number of ketones is 1. The summed E-state index contributed by atoms with van der Waals surface area (Å²) < 4.78 is 11.3. The maximum Gasteiger partial charge on any atom is 0.208 e. The van der Waals surface area contributed by atoms with Gasteiger partial charge in [0.25, 0.3) is 0 Å². The summed E-state index contributed by atoms with van der Waals surface area (Å²) in [7, 11) is 0. The molecule has 0 atom stereocenters. The highest BCUT2D eigenvalue weighted by atomic mass is 32.1. The number of hydrogen-bond donors (Lipinski definition) is 0. The predicted molar refractivity (Wildman–Crippen MR) is 101 cm³/mol. The third-order valence-electron chi connectivity index (χ3n) is 6.59. The highest BCUT2D eigenvalue weighted by Crippen LogP contribution is 2.57. The van der Waals surface area contributed by atoms with Crippen molar-refractivity contribution >= 4 is 21.8 Å². The molecule has 4 heteroatoms. The molecule has 1 aromatic carbocycles. The number of ether oxygens (including phenoxy) is 1. The lowest BCUT2D eigenvalue weighted by Crippen LogP contribution is -2.50. The Kier molecular flexibility index (Phi) is 3.35. The van der Waals surface area contributed by atoms with E-state index in [0.29, 0.717) is 11.3 Å². The lowest BCUT2D eigenvalue weighted by Gasteiger charge is -2.54. The van der Waals surface area contributed by atoms with E-state index in [1.807, 2.05) is 38.1 Å². The maximum atomic E-state index is 13.1. The summed E-state index contributed by atoms with van der Waals surface area (Å²) in [5.41, 5.74) is 0.173. The van der Waals surface area contributed by atoms with Crippen molar-refractivity contribution in [2.75, 3.05) is 0 Å². The van der Waals surface area contributed by atoms with Crippen LogP contribution in [0.2, 0.25) is 0 Å². The first-order valence-electron chi connectivity index (χ1n) is 9.53. The van der Waals surface area contributed by atoms with Crippen molar-refractivity contribution in [1.82, 2.24) is 0 Å². The van der Waals surface area contributed by atoms with Gasteiger partial charge in [-0.25, -0.2) is 4.36 Å². The van der Waals surface area contributed by atoms with Crippen LogP contribution >= 0.6 is 0 Å². The Morgan fingerprint density at radius 2 is 1.64 bits per heavy atom. The van der Waals surface area contributed by atoms with Gasteiger partial charge in [0, 0.05) is 0 Å². The van der Waals surface area contributed by atoms with Gasteiger partial charge in [0.2, 0.25) is 5.78 Å². The molecule has 4 saturated carbocycles. The van der Waals surface area contributed by atoms with Gasteiger partial charge in [-0.3, -0.25) is 4.79 Å². The van der Waals surface area contributed by atoms with Gasteiger partial charge in [0.15, 0.2) is 0 Å². The smallest absolute Gasteiger partial charge is 0.208 e. The second-order valence-electron chi connectivity index (χ2n) is 9.09. The fourth-order valence-electron chi connectivity index (χ4n) is 5.93. The molecule has 4 aliphatic carbocycles. The normalized spacial score (nSPS) is 37.4. The third kappa shape index (κ3) is 2.52. The van der Waals surface area contributed by atoms with E-state index < -0.39 is 5.60 Å². The Balaban J connectivity index is 1.56. The number of nitrogens with zero attached hydrogens (tertiary/aromatic N) is 1. The minimum absolute atomic E-state index is 0.0883. The fraction of sp³-hybridized carbons (Fsp3) is 0.619. The van der Waals surface area contributed by atoms with Crippen LogP contribution in [-0.2, 0) is 11.1 Å². The van der Waals surface area contributed by atoms with Crippen LogP contribution < -0.4 is 4.74 Å². The van der Waals surface area contributed by atoms with Gasteiger partial charge < -0.3 is 4.74 Å². The maximum absolute atomic E-state index is 13.1. The number of fused-ring (bicyclic) bond motifs is 1. The van der Waals surface area contributed by atoms with E-state index in [1.165, 1.54) is 49.7 Å².